The second-order valence-electron chi connectivity index (χ2n) is 4.67. The number of aliphatic hydroxyl groups is 1. The van der Waals surface area contributed by atoms with Crippen molar-refractivity contribution >= 4 is 0 Å². The van der Waals surface area contributed by atoms with Gasteiger partial charge in [-0.2, -0.15) is 5.10 Å². The van der Waals surface area contributed by atoms with E-state index in [0.717, 1.165) is 31.5 Å². The number of hydrogen-bond acceptors (Lipinski definition) is 3. The third-order valence-corrected chi connectivity index (χ3v) is 3.28. The van der Waals surface area contributed by atoms with Gasteiger partial charge in [-0.05, 0) is 46.6 Å². The van der Waals surface area contributed by atoms with Crippen LogP contribution in [0.5, 0.6) is 0 Å². The molecule has 98 valence electrons. The van der Waals surface area contributed by atoms with Crippen LogP contribution >= 0.6 is 0 Å². The normalized spacial score (nSPS) is 13.0. The molecule has 0 fully saturated rings. The minimum absolute atomic E-state index is 0.302. The summed E-state index contributed by atoms with van der Waals surface area (Å²) in [5.41, 5.74) is 3.66. The maximum Gasteiger partial charge on any atom is 0.0644 e. The van der Waals surface area contributed by atoms with Crippen LogP contribution in [-0.4, -0.2) is 28.0 Å². The van der Waals surface area contributed by atoms with Crippen molar-refractivity contribution in [2.75, 3.05) is 13.2 Å². The van der Waals surface area contributed by atoms with Gasteiger partial charge in [0.25, 0.3) is 0 Å². The van der Waals surface area contributed by atoms with Gasteiger partial charge in [0.2, 0.25) is 0 Å². The van der Waals surface area contributed by atoms with E-state index in [2.05, 4.69) is 31.2 Å². The van der Waals surface area contributed by atoms with Crippen molar-refractivity contribution < 1.29 is 5.11 Å². The molecule has 0 spiro atoms. The van der Waals surface area contributed by atoms with E-state index in [-0.39, 0.29) is 0 Å². The molecule has 0 saturated heterocycles. The summed E-state index contributed by atoms with van der Waals surface area (Å²) in [6.45, 7) is 7.65. The molecule has 1 unspecified atom stereocenters. The highest BCUT2D eigenvalue weighted by atomic mass is 16.2. The van der Waals surface area contributed by atoms with Crippen molar-refractivity contribution in [3.8, 4) is 0 Å². The van der Waals surface area contributed by atoms with E-state index < -0.39 is 0 Å². The summed E-state index contributed by atoms with van der Waals surface area (Å²) in [5, 5.41) is 16.6. The minimum Gasteiger partial charge on any atom is -0.396 e. The summed E-state index contributed by atoms with van der Waals surface area (Å²) in [4.78, 5) is 0. The molecular weight excluding hydrogens is 214 g/mol. The molecule has 0 bridgehead atoms. The number of nitrogens with zero attached hydrogens (tertiary/aromatic N) is 2. The van der Waals surface area contributed by atoms with E-state index in [1.54, 1.807) is 0 Å². The van der Waals surface area contributed by atoms with Crippen LogP contribution in [0.1, 0.15) is 49.2 Å². The Morgan fingerprint density at radius 3 is 2.53 bits per heavy atom. The number of aromatic nitrogens is 2. The Kier molecular flexibility index (Phi) is 5.65. The van der Waals surface area contributed by atoms with Crippen LogP contribution in [0.15, 0.2) is 0 Å². The standard InChI is InChI=1S/C13H25N3O/c1-10(14-8-6-5-7-9-17)13-11(2)15-16(4)12(13)3/h10,14,17H,5-9H2,1-4H3. The molecule has 1 heterocycles. The molecule has 0 aromatic carbocycles. The number of rotatable bonds is 7. The number of hydrogen-bond donors (Lipinski definition) is 2. The second-order valence-corrected chi connectivity index (χ2v) is 4.67. The minimum atomic E-state index is 0.302. The molecule has 4 nitrogen and oxygen atoms in total. The van der Waals surface area contributed by atoms with Gasteiger partial charge < -0.3 is 10.4 Å². The quantitative estimate of drug-likeness (QED) is 0.714. The summed E-state index contributed by atoms with van der Waals surface area (Å²) in [7, 11) is 1.99. The molecule has 4 heteroatoms. The Labute approximate surface area is 104 Å². The zero-order valence-electron chi connectivity index (χ0n) is 11.5. The van der Waals surface area contributed by atoms with Crippen LogP contribution in [0.3, 0.4) is 0 Å². The van der Waals surface area contributed by atoms with Crippen LogP contribution in [0, 0.1) is 13.8 Å². The van der Waals surface area contributed by atoms with Gasteiger partial charge in [0.05, 0.1) is 5.69 Å². The first-order valence-corrected chi connectivity index (χ1v) is 6.42. The Bertz CT molecular complexity index is 347. The fourth-order valence-corrected chi connectivity index (χ4v) is 2.25. The topological polar surface area (TPSA) is 50.1 Å². The largest absolute Gasteiger partial charge is 0.396 e. The number of aryl methyl sites for hydroxylation is 2. The summed E-state index contributed by atoms with van der Waals surface area (Å²) < 4.78 is 1.94. The van der Waals surface area contributed by atoms with Gasteiger partial charge in [-0.15, -0.1) is 0 Å². The third kappa shape index (κ3) is 3.82. The van der Waals surface area contributed by atoms with Crippen molar-refractivity contribution in [3.63, 3.8) is 0 Å². The van der Waals surface area contributed by atoms with Gasteiger partial charge in [0, 0.05) is 31.0 Å². The Balaban J connectivity index is 2.44. The van der Waals surface area contributed by atoms with E-state index in [1.165, 1.54) is 11.3 Å². The maximum absolute atomic E-state index is 8.70. The average molecular weight is 239 g/mol. The Morgan fingerprint density at radius 1 is 1.29 bits per heavy atom. The molecule has 17 heavy (non-hydrogen) atoms. The third-order valence-electron chi connectivity index (χ3n) is 3.28. The van der Waals surface area contributed by atoms with Crippen molar-refractivity contribution in [2.45, 2.75) is 46.1 Å². The summed E-state index contributed by atoms with van der Waals surface area (Å²) in [6.07, 6.45) is 3.10. The highest BCUT2D eigenvalue weighted by molar-refractivity contribution is 5.27. The smallest absolute Gasteiger partial charge is 0.0644 e. The van der Waals surface area contributed by atoms with E-state index in [4.69, 9.17) is 5.11 Å². The van der Waals surface area contributed by atoms with E-state index >= 15 is 0 Å². The SMILES string of the molecule is Cc1nn(C)c(C)c1C(C)NCCCCCO. The number of nitrogens with one attached hydrogen (secondary N) is 1. The molecule has 2 N–H and O–H groups in total. The van der Waals surface area contributed by atoms with Crippen molar-refractivity contribution in [2.24, 2.45) is 7.05 Å². The first-order chi connectivity index (χ1) is 8.07. The molecule has 1 aromatic heterocycles. The average Bonchev–Trinajstić information content (AvgIpc) is 2.53. The van der Waals surface area contributed by atoms with Crippen molar-refractivity contribution in [1.29, 1.82) is 0 Å². The lowest BCUT2D eigenvalue weighted by atomic mass is 10.1. The highest BCUT2D eigenvalue weighted by Gasteiger charge is 2.15. The first-order valence-electron chi connectivity index (χ1n) is 6.42. The summed E-state index contributed by atoms with van der Waals surface area (Å²) in [5.74, 6) is 0. The lowest BCUT2D eigenvalue weighted by molar-refractivity contribution is 0.282. The van der Waals surface area contributed by atoms with Crippen molar-refractivity contribution in [3.05, 3.63) is 17.0 Å². The molecule has 0 radical (unpaired) electrons. The second kappa shape index (κ2) is 6.77. The van der Waals surface area contributed by atoms with Gasteiger partial charge in [0.1, 0.15) is 0 Å². The van der Waals surface area contributed by atoms with Gasteiger partial charge >= 0.3 is 0 Å². The molecule has 1 aromatic rings. The van der Waals surface area contributed by atoms with Gasteiger partial charge in [0.15, 0.2) is 0 Å². The van der Waals surface area contributed by atoms with Crippen LogP contribution in [0.25, 0.3) is 0 Å². The molecule has 0 saturated carbocycles. The lowest BCUT2D eigenvalue weighted by Crippen LogP contribution is -2.21. The van der Waals surface area contributed by atoms with E-state index in [1.807, 2.05) is 11.7 Å². The van der Waals surface area contributed by atoms with E-state index in [9.17, 15) is 0 Å². The Morgan fingerprint density at radius 2 is 2.00 bits per heavy atom. The molecule has 0 aliphatic rings. The fraction of sp³-hybridized carbons (Fsp3) is 0.769. The molecular formula is C13H25N3O. The summed E-state index contributed by atoms with van der Waals surface area (Å²) >= 11 is 0. The van der Waals surface area contributed by atoms with Gasteiger partial charge in [-0.1, -0.05) is 0 Å². The van der Waals surface area contributed by atoms with Crippen LogP contribution in [0.2, 0.25) is 0 Å². The fourth-order valence-electron chi connectivity index (χ4n) is 2.25. The van der Waals surface area contributed by atoms with Crippen LogP contribution in [0.4, 0.5) is 0 Å². The zero-order valence-corrected chi connectivity index (χ0v) is 11.5. The molecule has 1 atom stereocenters. The lowest BCUT2D eigenvalue weighted by Gasteiger charge is -2.14. The molecule has 0 amide bonds. The number of aliphatic hydroxyl groups excluding tert-OH is 1. The Hall–Kier alpha value is -0.870. The number of unbranched alkanes of at least 4 members (excludes halogenated alkanes) is 2. The first kappa shape index (κ1) is 14.2. The van der Waals surface area contributed by atoms with Gasteiger partial charge in [-0.3, -0.25) is 4.68 Å². The predicted molar refractivity (Wildman–Crippen MR) is 70.0 cm³/mol. The monoisotopic (exact) mass is 239 g/mol. The molecule has 1 rings (SSSR count). The van der Waals surface area contributed by atoms with Crippen LogP contribution < -0.4 is 5.32 Å². The van der Waals surface area contributed by atoms with Crippen LogP contribution in [-0.2, 0) is 7.05 Å². The predicted octanol–water partition coefficient (Wildman–Crippen LogP) is 1.85. The highest BCUT2D eigenvalue weighted by Crippen LogP contribution is 2.20. The van der Waals surface area contributed by atoms with Gasteiger partial charge in [-0.25, -0.2) is 0 Å². The summed E-state index contributed by atoms with van der Waals surface area (Å²) in [6, 6.07) is 0.345. The zero-order chi connectivity index (χ0) is 12.8. The molecule has 0 aliphatic carbocycles. The van der Waals surface area contributed by atoms with E-state index in [0.29, 0.717) is 12.6 Å². The van der Waals surface area contributed by atoms with Crippen molar-refractivity contribution in [1.82, 2.24) is 15.1 Å². The maximum atomic E-state index is 8.70. The molecule has 0 aliphatic heterocycles.